The number of hydrogen-bond donors (Lipinski definition) is 1. The number of hydrogen-bond acceptors (Lipinski definition) is 5. The van der Waals surface area contributed by atoms with Crippen LogP contribution in [0.15, 0.2) is 34.1 Å². The van der Waals surface area contributed by atoms with Gasteiger partial charge in [-0.2, -0.15) is 8.78 Å². The molecule has 0 saturated carbocycles. The number of nitrogens with zero attached hydrogens (tertiary/aromatic N) is 1. The zero-order chi connectivity index (χ0) is 18.0. The molecule has 1 N–H and O–H groups in total. The quantitative estimate of drug-likeness (QED) is 0.767. The molecule has 1 rings (SSSR count). The number of halogens is 2. The van der Waals surface area contributed by atoms with Crippen LogP contribution in [-0.2, 0) is 24.7 Å². The van der Waals surface area contributed by atoms with Crippen molar-refractivity contribution in [2.24, 2.45) is 5.92 Å². The van der Waals surface area contributed by atoms with Crippen molar-refractivity contribution in [1.82, 2.24) is 4.31 Å². The summed E-state index contributed by atoms with van der Waals surface area (Å²) in [6.07, 6.45) is 0. The number of sulfone groups is 1. The molecule has 0 spiro atoms. The fourth-order valence-electron chi connectivity index (χ4n) is 1.72. The molecule has 1 aromatic carbocycles. The van der Waals surface area contributed by atoms with Gasteiger partial charge in [0.05, 0.1) is 10.8 Å². The van der Waals surface area contributed by atoms with Gasteiger partial charge in [-0.15, -0.1) is 0 Å². The lowest BCUT2D eigenvalue weighted by Crippen LogP contribution is -2.34. The van der Waals surface area contributed by atoms with Gasteiger partial charge in [0.1, 0.15) is 4.90 Å². The van der Waals surface area contributed by atoms with E-state index >= 15 is 0 Å². The van der Waals surface area contributed by atoms with Gasteiger partial charge >= 0.3 is 11.7 Å². The third kappa shape index (κ3) is 4.03. The van der Waals surface area contributed by atoms with E-state index in [1.807, 2.05) is 0 Å². The molecule has 0 radical (unpaired) electrons. The molecule has 130 valence electrons. The van der Waals surface area contributed by atoms with Crippen LogP contribution in [0.5, 0.6) is 0 Å². The monoisotopic (exact) mass is 371 g/mol. The highest BCUT2D eigenvalue weighted by Gasteiger charge is 2.35. The van der Waals surface area contributed by atoms with Crippen molar-refractivity contribution in [2.45, 2.75) is 22.5 Å². The molecule has 0 bridgehead atoms. The molecule has 0 aliphatic rings. The lowest BCUT2D eigenvalue weighted by atomic mass is 10.2. The van der Waals surface area contributed by atoms with Crippen molar-refractivity contribution < 1.29 is 35.5 Å². The second-order valence-corrected chi connectivity index (χ2v) is 8.68. The Morgan fingerprint density at radius 3 is 2.09 bits per heavy atom. The van der Waals surface area contributed by atoms with Crippen LogP contribution in [0.25, 0.3) is 0 Å². The number of benzene rings is 1. The van der Waals surface area contributed by atoms with Crippen molar-refractivity contribution >= 4 is 25.8 Å². The Labute approximate surface area is 132 Å². The summed E-state index contributed by atoms with van der Waals surface area (Å²) in [4.78, 5) is 8.95. The first-order valence-corrected chi connectivity index (χ1v) is 9.21. The van der Waals surface area contributed by atoms with Crippen molar-refractivity contribution in [3.8, 4) is 0 Å². The summed E-state index contributed by atoms with van der Waals surface area (Å²) >= 11 is 0. The molecule has 11 heteroatoms. The van der Waals surface area contributed by atoms with Crippen LogP contribution in [-0.4, -0.2) is 51.6 Å². The van der Waals surface area contributed by atoms with Crippen molar-refractivity contribution in [1.29, 1.82) is 0 Å². The van der Waals surface area contributed by atoms with Gasteiger partial charge in [-0.3, -0.25) is 4.79 Å². The Morgan fingerprint density at radius 1 is 1.17 bits per heavy atom. The normalized spacial score (nSPS) is 14.2. The molecular weight excluding hydrogens is 356 g/mol. The van der Waals surface area contributed by atoms with Crippen LogP contribution in [0, 0.1) is 5.92 Å². The minimum atomic E-state index is -5.12. The Kier molecular flexibility index (Phi) is 5.83. The molecule has 1 aromatic rings. The summed E-state index contributed by atoms with van der Waals surface area (Å²) < 4.78 is 74.1. The van der Waals surface area contributed by atoms with E-state index in [0.29, 0.717) is 4.31 Å². The molecule has 1 unspecified atom stereocenters. The van der Waals surface area contributed by atoms with Crippen LogP contribution in [0.3, 0.4) is 0 Å². The lowest BCUT2D eigenvalue weighted by molar-refractivity contribution is -0.141. The molecular formula is C12H15F2NO6S2. The zero-order valence-corrected chi connectivity index (χ0v) is 13.8. The molecule has 1 atom stereocenters. The third-order valence-corrected chi connectivity index (χ3v) is 6.48. The van der Waals surface area contributed by atoms with Crippen LogP contribution in [0.1, 0.15) is 6.92 Å². The van der Waals surface area contributed by atoms with Crippen molar-refractivity contribution in [2.75, 3.05) is 13.6 Å². The largest absolute Gasteiger partial charge is 0.481 e. The third-order valence-electron chi connectivity index (χ3n) is 3.03. The average molecular weight is 371 g/mol. The van der Waals surface area contributed by atoms with Gasteiger partial charge in [-0.25, -0.2) is 21.1 Å². The summed E-state index contributed by atoms with van der Waals surface area (Å²) in [6.45, 7) is 0.816. The highest BCUT2D eigenvalue weighted by Crippen LogP contribution is 2.27. The van der Waals surface area contributed by atoms with E-state index in [1.165, 1.54) is 13.0 Å². The van der Waals surface area contributed by atoms with E-state index in [-0.39, 0.29) is 0 Å². The van der Waals surface area contributed by atoms with Crippen molar-refractivity contribution in [3.05, 3.63) is 24.3 Å². The Balaban J connectivity index is 3.39. The number of carboxylic acids is 1. The standard InChI is InChI=1S/C12H15F2NO6S2/c1-8(11(16)17)7-15(2)23(20,21)10-6-4-3-5-9(10)22(18,19)12(13)14/h3-6,8,12H,7H2,1-2H3,(H,16,17). The van der Waals surface area contributed by atoms with Gasteiger partial charge in [-0.05, 0) is 12.1 Å². The van der Waals surface area contributed by atoms with Gasteiger partial charge < -0.3 is 5.11 Å². The highest BCUT2D eigenvalue weighted by atomic mass is 32.2. The summed E-state index contributed by atoms with van der Waals surface area (Å²) in [5.41, 5.74) is 0. The summed E-state index contributed by atoms with van der Waals surface area (Å²) in [7, 11) is -8.54. The number of aliphatic carboxylic acids is 1. The molecule has 0 amide bonds. The molecule has 0 saturated heterocycles. The predicted octanol–water partition coefficient (Wildman–Crippen LogP) is 1.02. The van der Waals surface area contributed by atoms with Gasteiger partial charge in [-0.1, -0.05) is 19.1 Å². The maximum Gasteiger partial charge on any atom is 0.341 e. The van der Waals surface area contributed by atoms with E-state index in [1.54, 1.807) is 0 Å². The number of rotatable bonds is 7. The maximum atomic E-state index is 12.7. The second kappa shape index (κ2) is 6.89. The van der Waals surface area contributed by atoms with Crippen LogP contribution in [0.4, 0.5) is 8.78 Å². The summed E-state index contributed by atoms with van der Waals surface area (Å²) in [5, 5.41) is 8.81. The maximum absolute atomic E-state index is 12.7. The Morgan fingerprint density at radius 2 is 1.65 bits per heavy atom. The van der Waals surface area contributed by atoms with Gasteiger partial charge in [0.2, 0.25) is 19.9 Å². The van der Waals surface area contributed by atoms with Gasteiger partial charge in [0.15, 0.2) is 0 Å². The average Bonchev–Trinajstić information content (AvgIpc) is 2.46. The fourth-order valence-corrected chi connectivity index (χ4v) is 4.53. The summed E-state index contributed by atoms with van der Waals surface area (Å²) in [6, 6.07) is 3.95. The lowest BCUT2D eigenvalue weighted by Gasteiger charge is -2.20. The van der Waals surface area contributed by atoms with Crippen LogP contribution in [0.2, 0.25) is 0 Å². The minimum Gasteiger partial charge on any atom is -0.481 e. The zero-order valence-electron chi connectivity index (χ0n) is 12.2. The first-order valence-electron chi connectivity index (χ1n) is 6.22. The van der Waals surface area contributed by atoms with E-state index in [0.717, 1.165) is 25.2 Å². The van der Waals surface area contributed by atoms with Gasteiger partial charge in [0, 0.05) is 13.6 Å². The van der Waals surface area contributed by atoms with E-state index < -0.39 is 53.8 Å². The Hall–Kier alpha value is -1.59. The first-order chi connectivity index (χ1) is 10.4. The predicted molar refractivity (Wildman–Crippen MR) is 76.2 cm³/mol. The molecule has 0 aliphatic carbocycles. The van der Waals surface area contributed by atoms with Crippen LogP contribution >= 0.6 is 0 Å². The number of carbonyl (C=O) groups is 1. The second-order valence-electron chi connectivity index (χ2n) is 4.78. The topological polar surface area (TPSA) is 109 Å². The van der Waals surface area contributed by atoms with E-state index in [9.17, 15) is 30.4 Å². The highest BCUT2D eigenvalue weighted by molar-refractivity contribution is 7.93. The SMILES string of the molecule is CC(CN(C)S(=O)(=O)c1ccccc1S(=O)(=O)C(F)F)C(=O)O. The molecule has 0 aromatic heterocycles. The van der Waals surface area contributed by atoms with Crippen LogP contribution < -0.4 is 0 Å². The minimum absolute atomic E-state index is 0.444. The summed E-state index contributed by atoms with van der Waals surface area (Å²) in [5.74, 6) is -6.09. The van der Waals surface area contributed by atoms with Gasteiger partial charge in [0.25, 0.3) is 0 Å². The fraction of sp³-hybridized carbons (Fsp3) is 0.417. The molecule has 0 aliphatic heterocycles. The Bertz CT molecular complexity index is 792. The smallest absolute Gasteiger partial charge is 0.341 e. The van der Waals surface area contributed by atoms with E-state index in [4.69, 9.17) is 5.11 Å². The van der Waals surface area contributed by atoms with Crippen molar-refractivity contribution in [3.63, 3.8) is 0 Å². The van der Waals surface area contributed by atoms with E-state index in [2.05, 4.69) is 0 Å². The molecule has 23 heavy (non-hydrogen) atoms. The molecule has 7 nitrogen and oxygen atoms in total. The molecule has 0 heterocycles. The molecule has 0 fully saturated rings. The number of carboxylic acid groups (broad SMARTS) is 1. The first kappa shape index (κ1) is 19.5. The number of alkyl halides is 2. The number of sulfonamides is 1.